The maximum atomic E-state index is 12.9. The molecule has 0 radical (unpaired) electrons. The first-order valence-corrected chi connectivity index (χ1v) is 10.8. The van der Waals surface area contributed by atoms with Crippen LogP contribution in [-0.4, -0.2) is 43.2 Å². The van der Waals surface area contributed by atoms with Crippen molar-refractivity contribution in [2.45, 2.75) is 19.4 Å². The fourth-order valence-corrected chi connectivity index (χ4v) is 4.18. The Hall–Kier alpha value is -3.23. The summed E-state index contributed by atoms with van der Waals surface area (Å²) >= 11 is 1.57. The second-order valence-corrected chi connectivity index (χ2v) is 8.08. The molecule has 0 fully saturated rings. The maximum absolute atomic E-state index is 12.9. The molecule has 0 bridgehead atoms. The van der Waals surface area contributed by atoms with Gasteiger partial charge < -0.3 is 14.8 Å². The van der Waals surface area contributed by atoms with Crippen LogP contribution in [0.3, 0.4) is 0 Å². The first-order valence-electron chi connectivity index (χ1n) is 9.95. The summed E-state index contributed by atoms with van der Waals surface area (Å²) in [6, 6.07) is 14.1. The summed E-state index contributed by atoms with van der Waals surface area (Å²) in [6.07, 6.45) is 0.747. The van der Waals surface area contributed by atoms with E-state index in [-0.39, 0.29) is 18.4 Å². The fourth-order valence-electron chi connectivity index (χ4n) is 3.39. The number of amides is 2. The average Bonchev–Trinajstić information content (AvgIpc) is 3.26. The molecule has 2 heterocycles. The monoisotopic (exact) mass is 437 g/mol. The summed E-state index contributed by atoms with van der Waals surface area (Å²) in [4.78, 5) is 31.7. The first-order chi connectivity index (χ1) is 15.1. The van der Waals surface area contributed by atoms with Gasteiger partial charge in [0.05, 0.1) is 23.0 Å². The summed E-state index contributed by atoms with van der Waals surface area (Å²) in [5, 5.41) is 5.82. The van der Waals surface area contributed by atoms with Crippen molar-refractivity contribution in [3.63, 3.8) is 0 Å². The minimum Gasteiger partial charge on any atom is -0.482 e. The Kier molecular flexibility index (Phi) is 6.29. The molecule has 2 amide bonds. The van der Waals surface area contributed by atoms with Crippen molar-refractivity contribution < 1.29 is 19.1 Å². The van der Waals surface area contributed by atoms with Crippen molar-refractivity contribution in [2.75, 3.05) is 30.5 Å². The smallest absolute Gasteiger partial charge is 0.265 e. The Morgan fingerprint density at radius 3 is 2.87 bits per heavy atom. The lowest BCUT2D eigenvalue weighted by Gasteiger charge is -2.33. The van der Waals surface area contributed by atoms with E-state index in [0.29, 0.717) is 23.7 Å². The highest BCUT2D eigenvalue weighted by molar-refractivity contribution is 7.09. The molecule has 1 atom stereocenters. The molecule has 0 saturated carbocycles. The third kappa shape index (κ3) is 4.60. The van der Waals surface area contributed by atoms with Gasteiger partial charge in [0.25, 0.3) is 5.91 Å². The van der Waals surface area contributed by atoms with Gasteiger partial charge in [-0.15, -0.1) is 11.3 Å². The van der Waals surface area contributed by atoms with Crippen LogP contribution in [0.1, 0.15) is 11.9 Å². The molecule has 31 heavy (non-hydrogen) atoms. The lowest BCUT2D eigenvalue weighted by molar-refractivity contribution is -0.125. The van der Waals surface area contributed by atoms with Crippen LogP contribution in [0.25, 0.3) is 11.3 Å². The Balaban J connectivity index is 1.60. The van der Waals surface area contributed by atoms with Crippen molar-refractivity contribution in [1.82, 2.24) is 4.98 Å². The van der Waals surface area contributed by atoms with Gasteiger partial charge in [0.2, 0.25) is 5.91 Å². The summed E-state index contributed by atoms with van der Waals surface area (Å²) in [5.74, 6) is 0.0327. The molecule has 2 aromatic carbocycles. The number of rotatable bonds is 7. The number of methoxy groups -OCH3 is 1. The van der Waals surface area contributed by atoms with Crippen LogP contribution in [0.15, 0.2) is 53.9 Å². The average molecular weight is 438 g/mol. The zero-order chi connectivity index (χ0) is 21.8. The van der Waals surface area contributed by atoms with Gasteiger partial charge in [0.15, 0.2) is 6.61 Å². The predicted octanol–water partition coefficient (Wildman–Crippen LogP) is 3.75. The Morgan fingerprint density at radius 1 is 1.29 bits per heavy atom. The lowest BCUT2D eigenvalue weighted by atomic mass is 10.1. The minimum absolute atomic E-state index is 0.104. The molecule has 1 unspecified atom stereocenters. The van der Waals surface area contributed by atoms with Crippen LogP contribution in [0, 0.1) is 0 Å². The van der Waals surface area contributed by atoms with Gasteiger partial charge >= 0.3 is 0 Å². The van der Waals surface area contributed by atoms with Crippen molar-refractivity contribution in [3.8, 4) is 17.0 Å². The van der Waals surface area contributed by atoms with E-state index in [1.165, 1.54) is 4.90 Å². The number of benzene rings is 2. The number of hydrogen-bond acceptors (Lipinski definition) is 6. The molecular formula is C23H23N3O4S. The highest BCUT2D eigenvalue weighted by Crippen LogP contribution is 2.37. The van der Waals surface area contributed by atoms with E-state index in [1.807, 2.05) is 41.8 Å². The number of hydrogen-bond donors (Lipinski definition) is 1. The largest absolute Gasteiger partial charge is 0.482 e. The number of aromatic nitrogens is 1. The number of nitrogens with one attached hydrogen (secondary N) is 1. The molecule has 4 rings (SSSR count). The summed E-state index contributed by atoms with van der Waals surface area (Å²) < 4.78 is 10.7. The van der Waals surface area contributed by atoms with Crippen LogP contribution < -0.4 is 15.0 Å². The molecule has 1 aromatic heterocycles. The molecular weight excluding hydrogens is 414 g/mol. The molecule has 7 nitrogen and oxygen atoms in total. The molecule has 3 aromatic rings. The second kappa shape index (κ2) is 9.28. The third-order valence-electron chi connectivity index (χ3n) is 5.01. The number of para-hydroxylation sites is 1. The highest BCUT2D eigenvalue weighted by Gasteiger charge is 2.33. The van der Waals surface area contributed by atoms with Gasteiger partial charge in [0.1, 0.15) is 11.8 Å². The zero-order valence-corrected chi connectivity index (χ0v) is 18.1. The molecule has 1 aliphatic heterocycles. The maximum Gasteiger partial charge on any atom is 0.265 e. The van der Waals surface area contributed by atoms with Crippen LogP contribution >= 0.6 is 11.3 Å². The first kappa shape index (κ1) is 21.0. The normalized spacial score (nSPS) is 14.0. The molecule has 8 heteroatoms. The van der Waals surface area contributed by atoms with E-state index in [0.717, 1.165) is 22.7 Å². The third-order valence-corrected chi connectivity index (χ3v) is 5.92. The van der Waals surface area contributed by atoms with Crippen LogP contribution in [0.2, 0.25) is 0 Å². The topological polar surface area (TPSA) is 80.8 Å². The zero-order valence-electron chi connectivity index (χ0n) is 17.3. The SMILES string of the molecule is COCCc1nc(-c2ccc3c(c2)N(C(C)C(=O)Nc2ccccc2)C(=O)CO3)cs1. The van der Waals surface area contributed by atoms with Gasteiger partial charge in [0, 0.05) is 30.2 Å². The van der Waals surface area contributed by atoms with E-state index in [9.17, 15) is 9.59 Å². The van der Waals surface area contributed by atoms with Crippen molar-refractivity contribution >= 4 is 34.5 Å². The number of nitrogens with zero attached hydrogens (tertiary/aromatic N) is 2. The number of carbonyl (C=O) groups excluding carboxylic acids is 2. The Morgan fingerprint density at radius 2 is 2.10 bits per heavy atom. The molecule has 0 spiro atoms. The Bertz CT molecular complexity index is 1080. The van der Waals surface area contributed by atoms with E-state index in [2.05, 4.69) is 10.3 Å². The number of anilines is 2. The van der Waals surface area contributed by atoms with E-state index in [1.54, 1.807) is 37.5 Å². The number of ether oxygens (including phenoxy) is 2. The molecule has 0 aliphatic carbocycles. The van der Waals surface area contributed by atoms with E-state index < -0.39 is 6.04 Å². The second-order valence-electron chi connectivity index (χ2n) is 7.14. The molecule has 0 saturated heterocycles. The highest BCUT2D eigenvalue weighted by atomic mass is 32.1. The minimum atomic E-state index is -0.710. The van der Waals surface area contributed by atoms with Crippen LogP contribution in [-0.2, 0) is 20.7 Å². The summed E-state index contributed by atoms with van der Waals surface area (Å²) in [5.41, 5.74) is 2.92. The number of thiazole rings is 1. The molecule has 1 N–H and O–H groups in total. The van der Waals surface area contributed by atoms with Crippen molar-refractivity contribution in [3.05, 3.63) is 58.9 Å². The van der Waals surface area contributed by atoms with Crippen LogP contribution in [0.4, 0.5) is 11.4 Å². The number of carbonyl (C=O) groups is 2. The van der Waals surface area contributed by atoms with E-state index >= 15 is 0 Å². The number of fused-ring (bicyclic) bond motifs is 1. The standard InChI is InChI=1S/C23H23N3O4S/c1-15(23(28)24-17-6-4-3-5-7-17)26-19-12-16(8-9-20(19)30-13-22(26)27)18-14-31-21(25-18)10-11-29-2/h3-9,12,14-15H,10-11,13H2,1-2H3,(H,24,28). The predicted molar refractivity (Wildman–Crippen MR) is 121 cm³/mol. The van der Waals surface area contributed by atoms with E-state index in [4.69, 9.17) is 9.47 Å². The van der Waals surface area contributed by atoms with Gasteiger partial charge in [-0.3, -0.25) is 14.5 Å². The quantitative estimate of drug-likeness (QED) is 0.609. The lowest BCUT2D eigenvalue weighted by Crippen LogP contribution is -2.49. The van der Waals surface area contributed by atoms with Crippen LogP contribution in [0.5, 0.6) is 5.75 Å². The van der Waals surface area contributed by atoms with Gasteiger partial charge in [-0.05, 0) is 37.3 Å². The summed E-state index contributed by atoms with van der Waals surface area (Å²) in [7, 11) is 1.67. The van der Waals surface area contributed by atoms with Gasteiger partial charge in [-0.1, -0.05) is 18.2 Å². The fraction of sp³-hybridized carbons (Fsp3) is 0.261. The molecule has 160 valence electrons. The van der Waals surface area contributed by atoms with Crippen molar-refractivity contribution in [1.29, 1.82) is 0 Å². The van der Waals surface area contributed by atoms with Crippen molar-refractivity contribution in [2.24, 2.45) is 0 Å². The van der Waals surface area contributed by atoms with Gasteiger partial charge in [-0.2, -0.15) is 0 Å². The summed E-state index contributed by atoms with van der Waals surface area (Å²) in [6.45, 7) is 2.22. The molecule has 1 aliphatic rings. The van der Waals surface area contributed by atoms with Gasteiger partial charge in [-0.25, -0.2) is 4.98 Å². The Labute approximate surface area is 184 Å².